The summed E-state index contributed by atoms with van der Waals surface area (Å²) in [5.41, 5.74) is 0. The van der Waals surface area contributed by atoms with Crippen LogP contribution in [-0.4, -0.2) is 44.1 Å². The SMILES string of the molecule is CN1CCCC(CNC2=NCCCN2)C1c1cccs1. The van der Waals surface area contributed by atoms with Crippen molar-refractivity contribution in [3.8, 4) is 0 Å². The summed E-state index contributed by atoms with van der Waals surface area (Å²) in [7, 11) is 2.26. The first kappa shape index (κ1) is 13.9. The Bertz CT molecular complexity index is 443. The van der Waals surface area contributed by atoms with Gasteiger partial charge in [0.1, 0.15) is 0 Å². The fraction of sp³-hybridized carbons (Fsp3) is 0.667. The lowest BCUT2D eigenvalue weighted by Gasteiger charge is -2.39. The van der Waals surface area contributed by atoms with Gasteiger partial charge in [0.05, 0.1) is 0 Å². The van der Waals surface area contributed by atoms with Crippen LogP contribution in [0.25, 0.3) is 0 Å². The van der Waals surface area contributed by atoms with E-state index in [9.17, 15) is 0 Å². The third-order valence-electron chi connectivity index (χ3n) is 4.27. The maximum atomic E-state index is 4.50. The normalized spacial score (nSPS) is 27.8. The molecule has 0 bridgehead atoms. The second kappa shape index (κ2) is 6.59. The average Bonchev–Trinajstić information content (AvgIpc) is 3.00. The Morgan fingerprint density at radius 2 is 2.45 bits per heavy atom. The predicted molar refractivity (Wildman–Crippen MR) is 85.3 cm³/mol. The highest BCUT2D eigenvalue weighted by Crippen LogP contribution is 2.36. The molecule has 4 nitrogen and oxygen atoms in total. The zero-order valence-electron chi connectivity index (χ0n) is 12.1. The van der Waals surface area contributed by atoms with Crippen molar-refractivity contribution in [1.82, 2.24) is 15.5 Å². The molecular formula is C15H24N4S. The molecule has 2 N–H and O–H groups in total. The molecule has 2 aliphatic rings. The maximum absolute atomic E-state index is 4.50. The first-order valence-electron chi connectivity index (χ1n) is 7.60. The number of piperidine rings is 1. The Kier molecular flexibility index (Phi) is 4.58. The van der Waals surface area contributed by atoms with E-state index < -0.39 is 0 Å². The topological polar surface area (TPSA) is 39.7 Å². The van der Waals surface area contributed by atoms with Gasteiger partial charge < -0.3 is 10.6 Å². The Labute approximate surface area is 125 Å². The molecule has 5 heteroatoms. The molecule has 0 aliphatic carbocycles. The molecule has 0 radical (unpaired) electrons. The fourth-order valence-electron chi connectivity index (χ4n) is 3.26. The minimum Gasteiger partial charge on any atom is -0.356 e. The van der Waals surface area contributed by atoms with Gasteiger partial charge in [-0.1, -0.05) is 6.07 Å². The lowest BCUT2D eigenvalue weighted by atomic mass is 9.88. The van der Waals surface area contributed by atoms with Crippen LogP contribution in [-0.2, 0) is 0 Å². The number of thiophene rings is 1. The quantitative estimate of drug-likeness (QED) is 0.896. The van der Waals surface area contributed by atoms with Gasteiger partial charge in [0.15, 0.2) is 5.96 Å². The molecule has 20 heavy (non-hydrogen) atoms. The highest BCUT2D eigenvalue weighted by molar-refractivity contribution is 7.10. The van der Waals surface area contributed by atoms with Crippen LogP contribution in [0.5, 0.6) is 0 Å². The molecule has 3 heterocycles. The molecule has 1 fully saturated rings. The van der Waals surface area contributed by atoms with Crippen molar-refractivity contribution in [3.63, 3.8) is 0 Å². The van der Waals surface area contributed by atoms with Gasteiger partial charge in [0, 0.05) is 30.6 Å². The predicted octanol–water partition coefficient (Wildman–Crippen LogP) is 2.07. The van der Waals surface area contributed by atoms with Crippen LogP contribution in [0.15, 0.2) is 22.5 Å². The number of aliphatic imine (C=N–C) groups is 1. The van der Waals surface area contributed by atoms with Crippen molar-refractivity contribution < 1.29 is 0 Å². The summed E-state index contributed by atoms with van der Waals surface area (Å²) >= 11 is 1.88. The van der Waals surface area contributed by atoms with Crippen molar-refractivity contribution in [1.29, 1.82) is 0 Å². The first-order valence-corrected chi connectivity index (χ1v) is 8.48. The summed E-state index contributed by atoms with van der Waals surface area (Å²) in [6.45, 7) is 4.22. The van der Waals surface area contributed by atoms with E-state index in [1.54, 1.807) is 0 Å². The number of nitrogens with one attached hydrogen (secondary N) is 2. The van der Waals surface area contributed by atoms with E-state index in [4.69, 9.17) is 0 Å². The summed E-state index contributed by atoms with van der Waals surface area (Å²) in [5.74, 6) is 1.66. The molecule has 2 unspecified atom stereocenters. The van der Waals surface area contributed by atoms with Gasteiger partial charge >= 0.3 is 0 Å². The van der Waals surface area contributed by atoms with Crippen LogP contribution in [0.1, 0.15) is 30.2 Å². The molecule has 110 valence electrons. The maximum Gasteiger partial charge on any atom is 0.191 e. The number of likely N-dealkylation sites (tertiary alicyclic amines) is 1. The van der Waals surface area contributed by atoms with Gasteiger partial charge in [-0.25, -0.2) is 0 Å². The van der Waals surface area contributed by atoms with Crippen molar-refractivity contribution >= 4 is 17.3 Å². The van der Waals surface area contributed by atoms with Gasteiger partial charge in [-0.05, 0) is 50.2 Å². The van der Waals surface area contributed by atoms with E-state index >= 15 is 0 Å². The number of rotatable bonds is 3. The van der Waals surface area contributed by atoms with Gasteiger partial charge in [0.25, 0.3) is 0 Å². The van der Waals surface area contributed by atoms with Crippen molar-refractivity contribution in [2.24, 2.45) is 10.9 Å². The number of guanidine groups is 1. The van der Waals surface area contributed by atoms with Crippen LogP contribution >= 0.6 is 11.3 Å². The van der Waals surface area contributed by atoms with E-state index in [1.165, 1.54) is 24.3 Å². The van der Waals surface area contributed by atoms with E-state index in [0.29, 0.717) is 12.0 Å². The molecule has 2 atom stereocenters. The Morgan fingerprint density at radius 1 is 1.50 bits per heavy atom. The van der Waals surface area contributed by atoms with E-state index in [-0.39, 0.29) is 0 Å². The third-order valence-corrected chi connectivity index (χ3v) is 5.21. The van der Waals surface area contributed by atoms with Gasteiger partial charge in [-0.15, -0.1) is 11.3 Å². The summed E-state index contributed by atoms with van der Waals surface area (Å²) in [4.78, 5) is 8.51. The van der Waals surface area contributed by atoms with Crippen LogP contribution in [0.3, 0.4) is 0 Å². The van der Waals surface area contributed by atoms with Crippen LogP contribution in [0, 0.1) is 5.92 Å². The fourth-order valence-corrected chi connectivity index (χ4v) is 4.24. The lowest BCUT2D eigenvalue weighted by Crippen LogP contribution is -2.46. The number of hydrogen-bond donors (Lipinski definition) is 2. The molecule has 0 aromatic carbocycles. The van der Waals surface area contributed by atoms with Gasteiger partial charge in [-0.2, -0.15) is 0 Å². The Balaban J connectivity index is 1.64. The van der Waals surface area contributed by atoms with Crippen LogP contribution in [0.2, 0.25) is 0 Å². The molecule has 0 spiro atoms. The highest BCUT2D eigenvalue weighted by Gasteiger charge is 2.31. The monoisotopic (exact) mass is 292 g/mol. The van der Waals surface area contributed by atoms with E-state index in [2.05, 4.69) is 45.1 Å². The summed E-state index contributed by atoms with van der Waals surface area (Å²) in [6.07, 6.45) is 3.74. The second-order valence-electron chi connectivity index (χ2n) is 5.73. The van der Waals surface area contributed by atoms with Crippen molar-refractivity contribution in [2.45, 2.75) is 25.3 Å². The summed E-state index contributed by atoms with van der Waals surface area (Å²) in [5, 5.41) is 9.06. The van der Waals surface area contributed by atoms with Crippen LogP contribution < -0.4 is 10.6 Å². The Hall–Kier alpha value is -1.07. The highest BCUT2D eigenvalue weighted by atomic mass is 32.1. The molecule has 2 aliphatic heterocycles. The third kappa shape index (κ3) is 3.15. The Morgan fingerprint density at radius 3 is 3.20 bits per heavy atom. The molecule has 1 aromatic rings. The minimum absolute atomic E-state index is 0.556. The first-order chi connectivity index (χ1) is 9.84. The summed E-state index contributed by atoms with van der Waals surface area (Å²) in [6, 6.07) is 5.00. The number of hydrogen-bond acceptors (Lipinski definition) is 5. The zero-order chi connectivity index (χ0) is 13.8. The molecule has 3 rings (SSSR count). The van der Waals surface area contributed by atoms with Crippen molar-refractivity contribution in [2.75, 3.05) is 33.2 Å². The average molecular weight is 292 g/mol. The molecule has 1 aromatic heterocycles. The smallest absolute Gasteiger partial charge is 0.191 e. The van der Waals surface area contributed by atoms with Gasteiger partial charge in [0.2, 0.25) is 0 Å². The number of nitrogens with zero attached hydrogens (tertiary/aromatic N) is 2. The molecular weight excluding hydrogens is 268 g/mol. The molecule has 1 saturated heterocycles. The van der Waals surface area contributed by atoms with Crippen molar-refractivity contribution in [3.05, 3.63) is 22.4 Å². The van der Waals surface area contributed by atoms with E-state index in [0.717, 1.165) is 32.0 Å². The standard InChI is InChI=1S/C15H24N4S/c1-19-9-2-5-12(14(19)13-6-3-10-20-13)11-18-15-16-7-4-8-17-15/h3,6,10,12,14H,2,4-5,7-9,11H2,1H3,(H2,16,17,18). The zero-order valence-corrected chi connectivity index (χ0v) is 13.0. The van der Waals surface area contributed by atoms with E-state index in [1.807, 2.05) is 11.3 Å². The largest absolute Gasteiger partial charge is 0.356 e. The second-order valence-corrected chi connectivity index (χ2v) is 6.71. The minimum atomic E-state index is 0.556. The molecule has 0 saturated carbocycles. The van der Waals surface area contributed by atoms with Crippen LogP contribution in [0.4, 0.5) is 0 Å². The summed E-state index contributed by atoms with van der Waals surface area (Å²) < 4.78 is 0. The van der Waals surface area contributed by atoms with Gasteiger partial charge in [-0.3, -0.25) is 9.89 Å². The molecule has 0 amide bonds. The lowest BCUT2D eigenvalue weighted by molar-refractivity contribution is 0.125.